The van der Waals surface area contributed by atoms with Crippen LogP contribution in [-0.4, -0.2) is 8.07 Å². The average molecular weight is 452 g/mol. The summed E-state index contributed by atoms with van der Waals surface area (Å²) in [5.41, 5.74) is 7.19. The molecule has 0 aromatic heterocycles. The van der Waals surface area contributed by atoms with Gasteiger partial charge >= 0.3 is 21.7 Å². The van der Waals surface area contributed by atoms with Gasteiger partial charge in [0.2, 0.25) is 0 Å². The first-order valence-electron chi connectivity index (χ1n) is 7.89. The summed E-state index contributed by atoms with van der Waals surface area (Å²) in [7, 11) is -1.23. The minimum atomic E-state index is -1.23. The van der Waals surface area contributed by atoms with Crippen LogP contribution in [0.1, 0.15) is 41.7 Å². The van der Waals surface area contributed by atoms with E-state index in [0.29, 0.717) is 0 Å². The zero-order valence-electron chi connectivity index (χ0n) is 16.5. The van der Waals surface area contributed by atoms with Gasteiger partial charge in [0.1, 0.15) is 0 Å². The van der Waals surface area contributed by atoms with Gasteiger partial charge < -0.3 is 37.2 Å². The van der Waals surface area contributed by atoms with Crippen molar-refractivity contribution in [3.05, 3.63) is 58.1 Å². The van der Waals surface area contributed by atoms with Crippen molar-refractivity contribution in [3.63, 3.8) is 0 Å². The Bertz CT molecular complexity index is 647. The van der Waals surface area contributed by atoms with E-state index in [1.165, 1.54) is 27.8 Å². The molecule has 0 atom stereocenters. The maximum absolute atomic E-state index is 2.45. The van der Waals surface area contributed by atoms with Crippen molar-refractivity contribution in [1.82, 2.24) is 0 Å². The zero-order valence-corrected chi connectivity index (χ0v) is 21.3. The predicted octanol–water partition coefficient (Wildman–Crippen LogP) is -3.79. The van der Waals surface area contributed by atoms with Crippen molar-refractivity contribution in [2.45, 2.75) is 59.7 Å². The first-order chi connectivity index (χ1) is 9.53. The van der Waals surface area contributed by atoms with E-state index in [-0.39, 0.29) is 64.4 Å². The SMILES string of the molecule is Cc1cc(C)c(C(C)(C)[c-]2ccc([Si](C)(C)C)c2)c(C)c1.[Cl-].[Cl-].[Cl-].[Ti+4]. The van der Waals surface area contributed by atoms with Crippen molar-refractivity contribution in [1.29, 1.82) is 0 Å². The van der Waals surface area contributed by atoms with E-state index >= 15 is 0 Å². The second-order valence-electron chi connectivity index (χ2n) is 8.04. The molecule has 2 aromatic rings. The number of hydrogen-bond donors (Lipinski definition) is 0. The second kappa shape index (κ2) is 10.6. The molecule has 2 aromatic carbocycles. The van der Waals surface area contributed by atoms with Crippen LogP contribution < -0.4 is 42.4 Å². The van der Waals surface area contributed by atoms with Gasteiger partial charge in [0.15, 0.2) is 0 Å². The Kier molecular flexibility index (Phi) is 12.8. The molecule has 0 unspecified atom stereocenters. The Morgan fingerprint density at radius 3 is 1.68 bits per heavy atom. The molecule has 25 heavy (non-hydrogen) atoms. The molecule has 0 aliphatic heterocycles. The van der Waals surface area contributed by atoms with Crippen molar-refractivity contribution in [2.24, 2.45) is 0 Å². The molecule has 0 nitrogen and oxygen atoms in total. The van der Waals surface area contributed by atoms with Gasteiger partial charge in [0.25, 0.3) is 0 Å². The molecule has 0 radical (unpaired) electrons. The largest absolute Gasteiger partial charge is 4.00 e. The molecule has 0 aliphatic carbocycles. The molecule has 0 amide bonds. The van der Waals surface area contributed by atoms with Crippen molar-refractivity contribution in [2.75, 3.05) is 0 Å². The van der Waals surface area contributed by atoms with Crippen LogP contribution in [0, 0.1) is 20.8 Å². The summed E-state index contributed by atoms with van der Waals surface area (Å²) in [5, 5.41) is 1.56. The quantitative estimate of drug-likeness (QED) is 0.332. The fourth-order valence-electron chi connectivity index (χ4n) is 3.61. The molecule has 0 spiro atoms. The molecule has 0 bridgehead atoms. The maximum atomic E-state index is 2.45. The molecule has 0 fully saturated rings. The van der Waals surface area contributed by atoms with Crippen molar-refractivity contribution >= 4 is 13.3 Å². The van der Waals surface area contributed by atoms with Crippen molar-refractivity contribution in [3.8, 4) is 0 Å². The molecular formula is C20H29Cl3SiTi. The molecule has 0 saturated heterocycles. The van der Waals surface area contributed by atoms with Crippen LogP contribution in [0.15, 0.2) is 30.3 Å². The number of benzene rings is 1. The summed E-state index contributed by atoms with van der Waals surface area (Å²) in [4.78, 5) is 0. The van der Waals surface area contributed by atoms with E-state index in [0.717, 1.165) is 0 Å². The standard InChI is InChI=1S/C20H29Si.3ClH.Ti/c1-14-11-15(2)19(16(3)12-14)20(4,5)17-9-10-18(13-17)21(6,7)8;;;;/h9-13H,1-8H3;3*1H;/q-1;;;;+4/p-3. The fourth-order valence-corrected chi connectivity index (χ4v) is 4.78. The second-order valence-corrected chi connectivity index (χ2v) is 13.1. The first-order valence-corrected chi connectivity index (χ1v) is 11.4. The summed E-state index contributed by atoms with van der Waals surface area (Å²) < 4.78 is 0. The van der Waals surface area contributed by atoms with E-state index in [2.05, 4.69) is 84.6 Å². The van der Waals surface area contributed by atoms with E-state index in [1.54, 1.807) is 5.19 Å². The van der Waals surface area contributed by atoms with Crippen LogP contribution in [0.25, 0.3) is 0 Å². The summed E-state index contributed by atoms with van der Waals surface area (Å²) in [6, 6.07) is 11.8. The van der Waals surface area contributed by atoms with Gasteiger partial charge in [0, 0.05) is 8.07 Å². The third-order valence-electron chi connectivity index (χ3n) is 4.64. The maximum Gasteiger partial charge on any atom is 4.00 e. The number of halogens is 3. The topological polar surface area (TPSA) is 0 Å². The van der Waals surface area contributed by atoms with E-state index in [9.17, 15) is 0 Å². The van der Waals surface area contributed by atoms with Gasteiger partial charge in [-0.1, -0.05) is 51.2 Å². The van der Waals surface area contributed by atoms with Gasteiger partial charge in [-0.2, -0.15) is 12.1 Å². The monoisotopic (exact) mass is 450 g/mol. The molecule has 0 saturated carbocycles. The molecule has 0 aliphatic rings. The molecular weight excluding hydrogens is 423 g/mol. The summed E-state index contributed by atoms with van der Waals surface area (Å²) in [5.74, 6) is 0. The van der Waals surface area contributed by atoms with Gasteiger partial charge in [-0.05, 0) is 42.9 Å². The Morgan fingerprint density at radius 2 is 1.32 bits per heavy atom. The predicted molar refractivity (Wildman–Crippen MR) is 97.8 cm³/mol. The normalized spacial score (nSPS) is 10.7. The minimum absolute atomic E-state index is 0. The summed E-state index contributed by atoms with van der Waals surface area (Å²) in [6.45, 7) is 18.7. The van der Waals surface area contributed by atoms with Crippen LogP contribution in [0.5, 0.6) is 0 Å². The Balaban J connectivity index is -0.00000121. The van der Waals surface area contributed by atoms with Crippen LogP contribution in [0.2, 0.25) is 19.6 Å². The first kappa shape index (κ1) is 30.1. The number of hydrogen-bond acceptors (Lipinski definition) is 0. The third kappa shape index (κ3) is 6.48. The summed E-state index contributed by atoms with van der Waals surface area (Å²) >= 11 is 0. The Labute approximate surface area is 189 Å². The van der Waals surface area contributed by atoms with Crippen molar-refractivity contribution < 1.29 is 58.9 Å². The van der Waals surface area contributed by atoms with E-state index < -0.39 is 8.07 Å². The number of rotatable bonds is 3. The Morgan fingerprint density at radius 1 is 0.880 bits per heavy atom. The van der Waals surface area contributed by atoms with E-state index in [1.807, 2.05) is 0 Å². The van der Waals surface area contributed by atoms with Crippen LogP contribution in [-0.2, 0) is 27.1 Å². The molecule has 0 heterocycles. The zero-order chi connectivity index (χ0) is 16.0. The van der Waals surface area contributed by atoms with E-state index in [4.69, 9.17) is 0 Å². The minimum Gasteiger partial charge on any atom is -1.00 e. The van der Waals surface area contributed by atoms with Gasteiger partial charge in [-0.15, -0.1) is 5.56 Å². The van der Waals surface area contributed by atoms with Gasteiger partial charge in [-0.3, -0.25) is 0 Å². The smallest absolute Gasteiger partial charge is 1.00 e. The third-order valence-corrected chi connectivity index (χ3v) is 6.69. The van der Waals surface area contributed by atoms with Crippen LogP contribution in [0.3, 0.4) is 0 Å². The Hall–Kier alpha value is 0.371. The molecule has 0 N–H and O–H groups in total. The molecule has 5 heteroatoms. The van der Waals surface area contributed by atoms with Crippen LogP contribution in [0.4, 0.5) is 0 Å². The average Bonchev–Trinajstić information content (AvgIpc) is 2.75. The molecule has 2 rings (SSSR count). The molecule has 138 valence electrons. The fraction of sp³-hybridized carbons (Fsp3) is 0.450. The summed E-state index contributed by atoms with van der Waals surface area (Å²) in [6.07, 6.45) is 0. The van der Waals surface area contributed by atoms with Gasteiger partial charge in [0.05, 0.1) is 0 Å². The van der Waals surface area contributed by atoms with Gasteiger partial charge in [-0.25, -0.2) is 11.3 Å². The number of aryl methyl sites for hydroxylation is 3. The van der Waals surface area contributed by atoms with Crippen LogP contribution >= 0.6 is 0 Å².